The van der Waals surface area contributed by atoms with Crippen molar-refractivity contribution in [2.24, 2.45) is 23.5 Å². The Balaban J connectivity index is 0.000000162. The SMILES string of the molecule is CC(C)=CCC[N+]12CCC(NC(=O)C(O)(c3cccs3)C3CCCC3)(CC1)CC2.NC(=O)c1ccccc1OCCC[N+]12CCC(CC1)[C@@H](NC(=O)C1(O)c3ccccc3-c3ccccc31)C2.O=C(CCC[N+]12CCC(CC1)[C@@H](NC(=O)C1(O)c3ccccc3-c3ccccc31)C2)c1ccc(F)cc1.O=C([O-])C(F)(F)F.O=C([O-])C(F)(F)F.O=C[O-]. The zero-order chi connectivity index (χ0) is 87.4. The number of aliphatic hydroxyl groups is 3. The monoisotopic (exact) mass is 1700 g/mol. The largest absolute Gasteiger partial charge is 0.554 e. The fourth-order valence-electron chi connectivity index (χ4n) is 19.6. The Kier molecular flexibility index (Phi) is 29.1. The number of aliphatic carboxylic acids is 2. The molecule has 7 aromatic rings. The van der Waals surface area contributed by atoms with Gasteiger partial charge < -0.3 is 84.9 Å². The molecule has 10 heterocycles. The summed E-state index contributed by atoms with van der Waals surface area (Å²) >= 11 is 1.51. The molecular formula is C91H104F7N7O15S. The number of amides is 4. The van der Waals surface area contributed by atoms with Crippen molar-refractivity contribution in [2.45, 2.75) is 157 Å². The van der Waals surface area contributed by atoms with Crippen LogP contribution in [0.15, 0.2) is 175 Å². The molecule has 12 aliphatic rings. The number of allylic oxidation sites excluding steroid dienone is 1. The molecule has 121 heavy (non-hydrogen) atoms. The molecule has 648 valence electrons. The van der Waals surface area contributed by atoms with Crippen molar-refractivity contribution in [3.05, 3.63) is 219 Å². The maximum absolute atomic E-state index is 13.8. The molecule has 4 amide bonds. The molecule has 9 aliphatic heterocycles. The van der Waals surface area contributed by atoms with Gasteiger partial charge in [0.2, 0.25) is 0 Å². The van der Waals surface area contributed by atoms with E-state index >= 15 is 0 Å². The molecule has 8 N–H and O–H groups in total. The molecular weight excluding hydrogens is 1600 g/mol. The molecule has 1 saturated carbocycles. The number of para-hydroxylation sites is 1. The topological polar surface area (TPSA) is 338 Å². The Labute approximate surface area is 702 Å². The second-order valence-corrected chi connectivity index (χ2v) is 34.6. The minimum atomic E-state index is -5.19. The molecule has 0 spiro atoms. The highest BCUT2D eigenvalue weighted by Crippen LogP contribution is 2.51. The first-order valence-electron chi connectivity index (χ1n) is 41.1. The summed E-state index contributed by atoms with van der Waals surface area (Å²) in [4.78, 5) is 92.1. The number of nitrogens with zero attached hydrogens (tertiary/aromatic N) is 3. The van der Waals surface area contributed by atoms with E-state index in [2.05, 4.69) is 35.9 Å². The molecule has 19 rings (SSSR count). The lowest BCUT2D eigenvalue weighted by Crippen LogP contribution is -2.70. The van der Waals surface area contributed by atoms with E-state index in [4.69, 9.17) is 40.2 Å². The third-order valence-corrected chi connectivity index (χ3v) is 27.1. The molecule has 6 aromatic carbocycles. The van der Waals surface area contributed by atoms with E-state index in [1.165, 1.54) is 40.1 Å². The number of halogens is 7. The fourth-order valence-corrected chi connectivity index (χ4v) is 20.5. The van der Waals surface area contributed by atoms with Crippen molar-refractivity contribution in [2.75, 3.05) is 85.1 Å². The summed E-state index contributed by atoms with van der Waals surface area (Å²) in [7, 11) is 0. The van der Waals surface area contributed by atoms with Crippen LogP contribution in [0.2, 0.25) is 0 Å². The van der Waals surface area contributed by atoms with Gasteiger partial charge in [-0.25, -0.2) is 4.39 Å². The number of carbonyl (C=O) groups excluding carboxylic acids is 8. The Morgan fingerprint density at radius 1 is 0.570 bits per heavy atom. The number of primary amides is 1. The number of carboxylic acids is 2. The van der Waals surface area contributed by atoms with Gasteiger partial charge in [-0.2, -0.15) is 26.3 Å². The Hall–Kier alpha value is -10.2. The van der Waals surface area contributed by atoms with Gasteiger partial charge in [-0.1, -0.05) is 140 Å². The van der Waals surface area contributed by atoms with Gasteiger partial charge in [-0.15, -0.1) is 11.3 Å². The molecule has 1 unspecified atom stereocenters. The summed E-state index contributed by atoms with van der Waals surface area (Å²) in [6.45, 7) is 16.8. The van der Waals surface area contributed by atoms with E-state index in [1.54, 1.807) is 30.3 Å². The Bertz CT molecular complexity index is 4720. The maximum atomic E-state index is 13.8. The van der Waals surface area contributed by atoms with E-state index in [1.807, 2.05) is 121 Å². The molecule has 10 fully saturated rings. The fraction of sp³-hybridized carbons (Fsp3) is 0.451. The van der Waals surface area contributed by atoms with E-state index in [-0.39, 0.29) is 52.9 Å². The van der Waals surface area contributed by atoms with Gasteiger partial charge in [0, 0.05) is 116 Å². The zero-order valence-corrected chi connectivity index (χ0v) is 68.5. The first-order chi connectivity index (χ1) is 57.5. The van der Waals surface area contributed by atoms with Crippen molar-refractivity contribution < 1.29 is 118 Å². The lowest BCUT2D eigenvalue weighted by molar-refractivity contribution is -0.944. The molecule has 3 aliphatic carbocycles. The van der Waals surface area contributed by atoms with Gasteiger partial charge in [-0.3, -0.25) is 24.0 Å². The van der Waals surface area contributed by atoms with Crippen LogP contribution in [0.25, 0.3) is 22.3 Å². The summed E-state index contributed by atoms with van der Waals surface area (Å²) < 4.78 is 85.2. The summed E-state index contributed by atoms with van der Waals surface area (Å²) in [5.41, 5.74) is 9.16. The third kappa shape index (κ3) is 20.6. The predicted octanol–water partition coefficient (Wildman–Crippen LogP) is 8.94. The van der Waals surface area contributed by atoms with E-state index in [0.29, 0.717) is 64.0 Å². The van der Waals surface area contributed by atoms with Gasteiger partial charge in [0.15, 0.2) is 22.6 Å². The van der Waals surface area contributed by atoms with Crippen molar-refractivity contribution in [3.8, 4) is 28.0 Å². The lowest BCUT2D eigenvalue weighted by Gasteiger charge is -2.55. The number of fused-ring (bicyclic) bond motifs is 15. The number of piperidine rings is 9. The van der Waals surface area contributed by atoms with E-state index < -0.39 is 53.5 Å². The number of quaternary nitrogens is 3. The third-order valence-electron chi connectivity index (χ3n) is 26.1. The number of nitrogens with two attached hydrogens (primary N) is 1. The molecule has 1 aromatic heterocycles. The quantitative estimate of drug-likeness (QED) is 0.00831. The number of hydrogen-bond donors (Lipinski definition) is 7. The van der Waals surface area contributed by atoms with E-state index in [9.17, 15) is 70.0 Å². The molecule has 30 heteroatoms. The minimum absolute atomic E-state index is 0.00764. The van der Waals surface area contributed by atoms with Crippen molar-refractivity contribution >= 4 is 59.2 Å². The average Bonchev–Trinajstić information content (AvgIpc) is 1.59. The normalized spacial score (nSPS) is 24.2. The van der Waals surface area contributed by atoms with Crippen LogP contribution in [0.1, 0.15) is 158 Å². The van der Waals surface area contributed by atoms with Crippen molar-refractivity contribution in [1.29, 1.82) is 0 Å². The number of rotatable bonds is 22. The number of ketones is 1. The maximum Gasteiger partial charge on any atom is 0.430 e. The second kappa shape index (κ2) is 38.5. The number of hydrogen-bond acceptors (Lipinski definition) is 16. The number of nitrogens with one attached hydrogen (secondary N) is 3. The Morgan fingerprint density at radius 2 is 0.983 bits per heavy atom. The minimum Gasteiger partial charge on any atom is -0.554 e. The van der Waals surface area contributed by atoms with Crippen LogP contribution in [0.3, 0.4) is 0 Å². The van der Waals surface area contributed by atoms with Crippen LogP contribution in [-0.2, 0) is 45.6 Å². The average molecular weight is 1700 g/mol. The number of carboxylic acid groups (broad SMARTS) is 3. The number of Topliss-reactive ketones (excluding diaryl/α,β-unsaturated/α-hetero) is 1. The van der Waals surface area contributed by atoms with E-state index in [0.717, 1.165) is 198 Å². The lowest BCUT2D eigenvalue weighted by atomic mass is 9.76. The highest BCUT2D eigenvalue weighted by atomic mass is 32.1. The number of benzene rings is 6. The smallest absolute Gasteiger partial charge is 0.430 e. The second-order valence-electron chi connectivity index (χ2n) is 33.6. The first-order valence-corrected chi connectivity index (χ1v) is 42.0. The van der Waals surface area contributed by atoms with Gasteiger partial charge in [0.25, 0.3) is 23.6 Å². The summed E-state index contributed by atoms with van der Waals surface area (Å²) in [5, 5.41) is 73.2. The van der Waals surface area contributed by atoms with Gasteiger partial charge in [-0.05, 0) is 109 Å². The molecule has 9 saturated heterocycles. The Morgan fingerprint density at radius 3 is 1.39 bits per heavy atom. The number of thiophene rings is 1. The van der Waals surface area contributed by atoms with Gasteiger partial charge in [0.05, 0.1) is 108 Å². The molecule has 22 nitrogen and oxygen atoms in total. The highest BCUT2D eigenvalue weighted by molar-refractivity contribution is 7.10. The van der Waals surface area contributed by atoms with Crippen LogP contribution < -0.4 is 41.7 Å². The molecule has 3 atom stereocenters. The summed E-state index contributed by atoms with van der Waals surface area (Å²) in [6, 6.07) is 47.2. The molecule has 6 bridgehead atoms. The van der Waals surface area contributed by atoms with Crippen LogP contribution in [-0.4, -0.2) is 192 Å². The predicted molar refractivity (Wildman–Crippen MR) is 430 cm³/mol. The van der Waals surface area contributed by atoms with Crippen LogP contribution in [0, 0.1) is 23.6 Å². The number of ether oxygens (including phenoxy) is 1. The number of carbonyl (C=O) groups is 8. The summed E-state index contributed by atoms with van der Waals surface area (Å²) in [5.74, 6) is -6.24. The van der Waals surface area contributed by atoms with Gasteiger partial charge in [0.1, 0.15) is 23.5 Å². The standard InChI is InChI=1S/C31H31FN2O3.C31H33N3O4.C24H36N2O2S.2C2HF3O2.CH2O2/c32-23-13-11-22(12-14-23)29(35)10-5-17-34-18-15-21(16-19-34)28(20-34)33-30(36)31(37)26-8-3-1-6-24(26)25-7-2-4-9-27(25)31;32-29(35)24-10-3-6-13-28(24)38-19-7-16-34-17-14-21(15-18-34)27(20-34)33-30(36)31(37)25-11-4-1-8-22(25)23-9-2-5-12-26(23)31;1-19(2)7-5-14-26-15-11-23(12-16-26,13-17-26)25-22(27)24(28,20-8-3-4-9-20)21-10-6-18-29-21;2*3-2(4,5)1(6)7;2-1-3/h1-4,6-9,11-14,21,28,37H,5,10,15-20H2;1-6,8-13,21,27,37H,7,14-20H2,(H2-,32,33,35,36);6-7,10,18,20,28H,3-5,8-9,11-17H2,1-2H3;2*(H,6,7);1H,(H,2,3)/t21?,28-,34?;21?,27-,34?;;;;/m00..../s1. The number of alkyl halides is 6. The van der Waals surface area contributed by atoms with Gasteiger partial charge >= 0.3 is 12.4 Å². The first kappa shape index (κ1) is 91.5. The van der Waals surface area contributed by atoms with Crippen molar-refractivity contribution in [1.82, 2.24) is 16.0 Å². The highest BCUT2D eigenvalue weighted by Gasteiger charge is 2.57. The molecule has 0 radical (unpaired) electrons. The van der Waals surface area contributed by atoms with Crippen LogP contribution in [0.4, 0.5) is 30.7 Å². The van der Waals surface area contributed by atoms with Crippen LogP contribution >= 0.6 is 11.3 Å². The van der Waals surface area contributed by atoms with Crippen LogP contribution in [0.5, 0.6) is 5.75 Å². The summed E-state index contributed by atoms with van der Waals surface area (Å²) in [6.07, 6.45) is 6.55. The zero-order valence-electron chi connectivity index (χ0n) is 67.6. The van der Waals surface area contributed by atoms with Crippen molar-refractivity contribution in [3.63, 3.8) is 0 Å².